The first kappa shape index (κ1) is 14.4. The SMILES string of the molecule is CCOC(=O)C(COc1ccc2c(c1)CCC2)NC1CC1. The molecule has 1 saturated carbocycles. The van der Waals surface area contributed by atoms with Crippen LogP contribution in [0.2, 0.25) is 0 Å². The van der Waals surface area contributed by atoms with Gasteiger partial charge in [0.25, 0.3) is 0 Å². The molecule has 0 saturated heterocycles. The maximum atomic E-state index is 12.0. The summed E-state index contributed by atoms with van der Waals surface area (Å²) in [6.45, 7) is 2.56. The van der Waals surface area contributed by atoms with Gasteiger partial charge in [0.05, 0.1) is 6.61 Å². The van der Waals surface area contributed by atoms with Crippen molar-refractivity contribution in [2.45, 2.75) is 51.1 Å². The molecule has 1 fully saturated rings. The number of carbonyl (C=O) groups is 1. The zero-order valence-electron chi connectivity index (χ0n) is 12.6. The molecule has 0 aromatic heterocycles. The minimum Gasteiger partial charge on any atom is -0.491 e. The normalized spacial score (nSPS) is 18.1. The molecule has 0 bridgehead atoms. The molecule has 4 nitrogen and oxygen atoms in total. The molecule has 1 aromatic carbocycles. The predicted molar refractivity (Wildman–Crippen MR) is 80.5 cm³/mol. The third-order valence-electron chi connectivity index (χ3n) is 4.07. The summed E-state index contributed by atoms with van der Waals surface area (Å²) in [7, 11) is 0. The number of hydrogen-bond acceptors (Lipinski definition) is 4. The van der Waals surface area contributed by atoms with Crippen LogP contribution in [0.3, 0.4) is 0 Å². The van der Waals surface area contributed by atoms with Crippen LogP contribution in [-0.2, 0) is 22.4 Å². The average molecular weight is 289 g/mol. The highest BCUT2D eigenvalue weighted by Crippen LogP contribution is 2.26. The van der Waals surface area contributed by atoms with E-state index in [9.17, 15) is 4.79 Å². The quantitative estimate of drug-likeness (QED) is 0.782. The Labute approximate surface area is 125 Å². The minimum absolute atomic E-state index is 0.217. The molecule has 21 heavy (non-hydrogen) atoms. The van der Waals surface area contributed by atoms with E-state index >= 15 is 0 Å². The molecule has 1 atom stereocenters. The zero-order chi connectivity index (χ0) is 14.7. The Kier molecular flexibility index (Phi) is 4.44. The first-order chi connectivity index (χ1) is 10.3. The molecule has 0 amide bonds. The van der Waals surface area contributed by atoms with Gasteiger partial charge in [0.15, 0.2) is 0 Å². The van der Waals surface area contributed by atoms with Gasteiger partial charge in [0.1, 0.15) is 18.4 Å². The number of esters is 1. The standard InChI is InChI=1S/C17H23NO3/c1-2-20-17(19)16(18-14-7-8-14)11-21-15-9-6-12-4-3-5-13(12)10-15/h6,9-10,14,16,18H,2-5,7-8,11H2,1H3. The fourth-order valence-corrected chi connectivity index (χ4v) is 2.78. The monoisotopic (exact) mass is 289 g/mol. The van der Waals surface area contributed by atoms with Gasteiger partial charge in [-0.1, -0.05) is 6.07 Å². The maximum absolute atomic E-state index is 12.0. The summed E-state index contributed by atoms with van der Waals surface area (Å²) in [5.41, 5.74) is 2.82. The van der Waals surface area contributed by atoms with Gasteiger partial charge in [0.2, 0.25) is 0 Å². The maximum Gasteiger partial charge on any atom is 0.326 e. The summed E-state index contributed by atoms with van der Waals surface area (Å²) in [5.74, 6) is 0.633. The van der Waals surface area contributed by atoms with E-state index in [0.29, 0.717) is 19.3 Å². The third kappa shape index (κ3) is 3.76. The largest absolute Gasteiger partial charge is 0.491 e. The lowest BCUT2D eigenvalue weighted by Crippen LogP contribution is -2.43. The van der Waals surface area contributed by atoms with E-state index in [1.165, 1.54) is 24.0 Å². The van der Waals surface area contributed by atoms with Crippen molar-refractivity contribution in [2.75, 3.05) is 13.2 Å². The van der Waals surface area contributed by atoms with Crippen molar-refractivity contribution in [3.63, 3.8) is 0 Å². The Balaban J connectivity index is 1.58. The average Bonchev–Trinajstić information content (AvgIpc) is 3.18. The first-order valence-corrected chi connectivity index (χ1v) is 7.93. The van der Waals surface area contributed by atoms with Crippen LogP contribution in [-0.4, -0.2) is 31.3 Å². The Morgan fingerprint density at radius 2 is 2.14 bits per heavy atom. The predicted octanol–water partition coefficient (Wildman–Crippen LogP) is 2.24. The third-order valence-corrected chi connectivity index (χ3v) is 4.07. The van der Waals surface area contributed by atoms with E-state index in [-0.39, 0.29) is 12.0 Å². The van der Waals surface area contributed by atoms with Crippen LogP contribution in [0.5, 0.6) is 5.75 Å². The number of ether oxygens (including phenoxy) is 2. The second-order valence-corrected chi connectivity index (χ2v) is 5.84. The molecule has 3 rings (SSSR count). The summed E-state index contributed by atoms with van der Waals surface area (Å²) in [6.07, 6.45) is 5.80. The van der Waals surface area contributed by atoms with Crippen molar-refractivity contribution < 1.29 is 14.3 Å². The number of hydrogen-bond donors (Lipinski definition) is 1. The molecule has 2 aliphatic carbocycles. The fourth-order valence-electron chi connectivity index (χ4n) is 2.78. The number of nitrogens with one attached hydrogen (secondary N) is 1. The second-order valence-electron chi connectivity index (χ2n) is 5.84. The smallest absolute Gasteiger partial charge is 0.326 e. The number of aryl methyl sites for hydroxylation is 2. The molecule has 4 heteroatoms. The number of fused-ring (bicyclic) bond motifs is 1. The van der Waals surface area contributed by atoms with Crippen LogP contribution in [0.15, 0.2) is 18.2 Å². The van der Waals surface area contributed by atoms with Crippen molar-refractivity contribution in [1.29, 1.82) is 0 Å². The summed E-state index contributed by atoms with van der Waals surface area (Å²) in [5, 5.41) is 3.30. The summed E-state index contributed by atoms with van der Waals surface area (Å²) < 4.78 is 10.9. The summed E-state index contributed by atoms with van der Waals surface area (Å²) in [6, 6.07) is 6.34. The second kappa shape index (κ2) is 6.48. The van der Waals surface area contributed by atoms with E-state index < -0.39 is 0 Å². The highest BCUT2D eigenvalue weighted by atomic mass is 16.5. The van der Waals surface area contributed by atoms with Crippen LogP contribution in [0.4, 0.5) is 0 Å². The molecule has 0 aliphatic heterocycles. The van der Waals surface area contributed by atoms with Gasteiger partial charge in [-0.05, 0) is 62.3 Å². The molecule has 1 N–H and O–H groups in total. The molecular formula is C17H23NO3. The van der Waals surface area contributed by atoms with Crippen LogP contribution in [0.25, 0.3) is 0 Å². The lowest BCUT2D eigenvalue weighted by atomic mass is 10.1. The Bertz CT molecular complexity index is 511. The van der Waals surface area contributed by atoms with E-state index in [4.69, 9.17) is 9.47 Å². The van der Waals surface area contributed by atoms with Gasteiger partial charge in [-0.15, -0.1) is 0 Å². The molecular weight excluding hydrogens is 266 g/mol. The summed E-state index contributed by atoms with van der Waals surface area (Å²) >= 11 is 0. The van der Waals surface area contributed by atoms with Gasteiger partial charge in [-0.2, -0.15) is 0 Å². The van der Waals surface area contributed by atoms with Gasteiger partial charge in [0, 0.05) is 6.04 Å². The van der Waals surface area contributed by atoms with Crippen LogP contribution in [0.1, 0.15) is 37.3 Å². The van der Waals surface area contributed by atoms with Crippen LogP contribution < -0.4 is 10.1 Å². The van der Waals surface area contributed by atoms with Gasteiger partial charge < -0.3 is 9.47 Å². The number of carbonyl (C=O) groups excluding carboxylic acids is 1. The van der Waals surface area contributed by atoms with Crippen molar-refractivity contribution >= 4 is 5.97 Å². The molecule has 0 radical (unpaired) electrons. The molecule has 2 aliphatic rings. The van der Waals surface area contributed by atoms with Gasteiger partial charge in [-0.25, -0.2) is 0 Å². The molecule has 114 valence electrons. The van der Waals surface area contributed by atoms with E-state index in [1.807, 2.05) is 13.0 Å². The van der Waals surface area contributed by atoms with E-state index in [0.717, 1.165) is 25.0 Å². The van der Waals surface area contributed by atoms with Crippen LogP contribution in [0, 0.1) is 0 Å². The van der Waals surface area contributed by atoms with Gasteiger partial charge >= 0.3 is 5.97 Å². The minimum atomic E-state index is -0.370. The fraction of sp³-hybridized carbons (Fsp3) is 0.588. The Morgan fingerprint density at radius 1 is 1.33 bits per heavy atom. The number of benzene rings is 1. The Morgan fingerprint density at radius 3 is 2.90 bits per heavy atom. The number of rotatable bonds is 7. The lowest BCUT2D eigenvalue weighted by molar-refractivity contribution is -0.146. The van der Waals surface area contributed by atoms with E-state index in [2.05, 4.69) is 17.4 Å². The van der Waals surface area contributed by atoms with Crippen molar-refractivity contribution in [1.82, 2.24) is 5.32 Å². The molecule has 0 spiro atoms. The molecule has 1 aromatic rings. The lowest BCUT2D eigenvalue weighted by Gasteiger charge is -2.18. The topological polar surface area (TPSA) is 47.6 Å². The van der Waals surface area contributed by atoms with E-state index in [1.54, 1.807) is 0 Å². The van der Waals surface area contributed by atoms with Crippen molar-refractivity contribution in [2.24, 2.45) is 0 Å². The van der Waals surface area contributed by atoms with Crippen molar-refractivity contribution in [3.8, 4) is 5.75 Å². The highest BCUT2D eigenvalue weighted by molar-refractivity contribution is 5.76. The van der Waals surface area contributed by atoms with Gasteiger partial charge in [-0.3, -0.25) is 10.1 Å². The molecule has 1 unspecified atom stereocenters. The summed E-state index contributed by atoms with van der Waals surface area (Å²) in [4.78, 5) is 12.0. The highest BCUT2D eigenvalue weighted by Gasteiger charge is 2.29. The Hall–Kier alpha value is -1.55. The first-order valence-electron chi connectivity index (χ1n) is 7.93. The van der Waals surface area contributed by atoms with Crippen LogP contribution >= 0.6 is 0 Å². The zero-order valence-corrected chi connectivity index (χ0v) is 12.6. The van der Waals surface area contributed by atoms with Crippen molar-refractivity contribution in [3.05, 3.63) is 29.3 Å². The molecule has 0 heterocycles.